The molecule has 1 aliphatic rings. The van der Waals surface area contributed by atoms with Gasteiger partial charge in [0, 0.05) is 63.6 Å². The molecule has 7 nitrogen and oxygen atoms in total. The zero-order valence-corrected chi connectivity index (χ0v) is 16.9. The molecule has 1 fully saturated rings. The zero-order valence-electron chi connectivity index (χ0n) is 16.9. The molecule has 0 unspecified atom stereocenters. The van der Waals surface area contributed by atoms with E-state index in [-0.39, 0.29) is 5.91 Å². The summed E-state index contributed by atoms with van der Waals surface area (Å²) < 4.78 is 18.4. The second kappa shape index (κ2) is 9.50. The Morgan fingerprint density at radius 2 is 1.61 bits per heavy atom. The Morgan fingerprint density at radius 3 is 2.21 bits per heavy atom. The first-order chi connectivity index (χ1) is 13.7. The molecule has 7 heteroatoms. The van der Waals surface area contributed by atoms with Crippen LogP contribution < -0.4 is 14.2 Å². The number of hydrogen-bond acceptors (Lipinski definition) is 5. The average molecular weight is 387 g/mol. The van der Waals surface area contributed by atoms with Crippen molar-refractivity contribution in [2.75, 3.05) is 47.5 Å². The highest BCUT2D eigenvalue weighted by atomic mass is 16.5. The number of piperazine rings is 1. The number of aryl methyl sites for hydroxylation is 1. The van der Waals surface area contributed by atoms with E-state index < -0.39 is 0 Å². The third-order valence-electron chi connectivity index (χ3n) is 5.15. The van der Waals surface area contributed by atoms with E-state index in [1.54, 1.807) is 21.3 Å². The quantitative estimate of drug-likeness (QED) is 0.695. The van der Waals surface area contributed by atoms with Gasteiger partial charge in [0.25, 0.3) is 0 Å². The van der Waals surface area contributed by atoms with Crippen LogP contribution in [0.2, 0.25) is 0 Å². The third kappa shape index (κ3) is 4.59. The summed E-state index contributed by atoms with van der Waals surface area (Å²) in [5.41, 5.74) is 1.05. The Bertz CT molecular complexity index is 768. The van der Waals surface area contributed by atoms with Crippen LogP contribution in [-0.2, 0) is 17.9 Å². The number of carbonyl (C=O) groups excluding carboxylic acids is 1. The standard InChI is InChI=1S/C21H29N3O4/c1-26-18-7-6-17(20(27-2)21(18)28-3)16-23-12-14-24(15-13-23)19(25)8-11-22-9-4-5-10-22/h4-7,9-10H,8,11-16H2,1-3H3. The molecule has 1 aliphatic heterocycles. The minimum atomic E-state index is 0.219. The summed E-state index contributed by atoms with van der Waals surface area (Å²) in [7, 11) is 4.87. The Balaban J connectivity index is 1.55. The normalized spacial score (nSPS) is 14.8. The van der Waals surface area contributed by atoms with E-state index in [1.165, 1.54) is 0 Å². The first-order valence-electron chi connectivity index (χ1n) is 9.55. The Morgan fingerprint density at radius 1 is 0.929 bits per heavy atom. The Labute approximate surface area is 166 Å². The minimum absolute atomic E-state index is 0.219. The van der Waals surface area contributed by atoms with E-state index in [2.05, 4.69) is 4.90 Å². The lowest BCUT2D eigenvalue weighted by molar-refractivity contribution is -0.133. The molecule has 0 spiro atoms. The summed E-state index contributed by atoms with van der Waals surface area (Å²) in [6, 6.07) is 7.86. The molecule has 0 atom stereocenters. The van der Waals surface area contributed by atoms with Gasteiger partial charge in [-0.25, -0.2) is 0 Å². The number of nitrogens with zero attached hydrogens (tertiary/aromatic N) is 3. The maximum absolute atomic E-state index is 12.5. The molecule has 2 heterocycles. The third-order valence-corrected chi connectivity index (χ3v) is 5.15. The lowest BCUT2D eigenvalue weighted by Gasteiger charge is -2.35. The minimum Gasteiger partial charge on any atom is -0.493 e. The van der Waals surface area contributed by atoms with E-state index in [1.807, 2.05) is 46.1 Å². The average Bonchev–Trinajstić information content (AvgIpc) is 3.25. The van der Waals surface area contributed by atoms with Crippen molar-refractivity contribution in [3.05, 3.63) is 42.2 Å². The molecule has 3 rings (SSSR count). The van der Waals surface area contributed by atoms with Gasteiger partial charge in [-0.2, -0.15) is 0 Å². The smallest absolute Gasteiger partial charge is 0.224 e. The van der Waals surface area contributed by atoms with Crippen molar-refractivity contribution in [2.45, 2.75) is 19.5 Å². The van der Waals surface area contributed by atoms with E-state index in [4.69, 9.17) is 14.2 Å². The van der Waals surface area contributed by atoms with Gasteiger partial charge < -0.3 is 23.7 Å². The van der Waals surface area contributed by atoms with Gasteiger partial charge in [0.05, 0.1) is 21.3 Å². The van der Waals surface area contributed by atoms with Gasteiger partial charge in [-0.1, -0.05) is 6.07 Å². The molecule has 2 aromatic rings. The van der Waals surface area contributed by atoms with Crippen LogP contribution in [0.5, 0.6) is 17.2 Å². The molecule has 152 valence electrons. The summed E-state index contributed by atoms with van der Waals surface area (Å²) in [5, 5.41) is 0. The largest absolute Gasteiger partial charge is 0.493 e. The van der Waals surface area contributed by atoms with Gasteiger partial charge in [-0.15, -0.1) is 0 Å². The predicted octanol–water partition coefficient (Wildman–Crippen LogP) is 2.25. The molecule has 28 heavy (non-hydrogen) atoms. The lowest BCUT2D eigenvalue weighted by Crippen LogP contribution is -2.48. The highest BCUT2D eigenvalue weighted by Gasteiger charge is 2.23. The van der Waals surface area contributed by atoms with Crippen molar-refractivity contribution in [1.82, 2.24) is 14.4 Å². The van der Waals surface area contributed by atoms with Gasteiger partial charge in [-0.3, -0.25) is 9.69 Å². The SMILES string of the molecule is COc1ccc(CN2CCN(C(=O)CCn3cccc3)CC2)c(OC)c1OC. The fraction of sp³-hybridized carbons (Fsp3) is 0.476. The van der Waals surface area contributed by atoms with Crippen molar-refractivity contribution < 1.29 is 19.0 Å². The summed E-state index contributed by atoms with van der Waals surface area (Å²) in [5.74, 6) is 2.19. The maximum Gasteiger partial charge on any atom is 0.224 e. The summed E-state index contributed by atoms with van der Waals surface area (Å²) in [6.07, 6.45) is 4.52. The molecule has 0 saturated carbocycles. The topological polar surface area (TPSA) is 56.2 Å². The van der Waals surface area contributed by atoms with Crippen LogP contribution in [0, 0.1) is 0 Å². The van der Waals surface area contributed by atoms with Crippen molar-refractivity contribution in [2.24, 2.45) is 0 Å². The van der Waals surface area contributed by atoms with Gasteiger partial charge in [0.2, 0.25) is 11.7 Å². The van der Waals surface area contributed by atoms with Crippen molar-refractivity contribution in [3.63, 3.8) is 0 Å². The molecule has 1 aromatic carbocycles. The van der Waals surface area contributed by atoms with Crippen LogP contribution >= 0.6 is 0 Å². The number of amides is 1. The molecular weight excluding hydrogens is 358 g/mol. The second-order valence-electron chi connectivity index (χ2n) is 6.82. The number of benzene rings is 1. The fourth-order valence-electron chi connectivity index (χ4n) is 3.59. The maximum atomic E-state index is 12.5. The van der Waals surface area contributed by atoms with Crippen molar-refractivity contribution >= 4 is 5.91 Å². The number of rotatable bonds is 8. The van der Waals surface area contributed by atoms with E-state index in [9.17, 15) is 4.79 Å². The lowest BCUT2D eigenvalue weighted by atomic mass is 10.1. The van der Waals surface area contributed by atoms with Gasteiger partial charge >= 0.3 is 0 Å². The first-order valence-corrected chi connectivity index (χ1v) is 9.55. The molecule has 1 aromatic heterocycles. The van der Waals surface area contributed by atoms with Crippen LogP contribution in [0.3, 0.4) is 0 Å². The van der Waals surface area contributed by atoms with Gasteiger partial charge in [0.1, 0.15) is 0 Å². The molecule has 0 aliphatic carbocycles. The Kier molecular flexibility index (Phi) is 6.81. The van der Waals surface area contributed by atoms with E-state index in [0.29, 0.717) is 23.7 Å². The van der Waals surface area contributed by atoms with Crippen LogP contribution in [0.15, 0.2) is 36.7 Å². The summed E-state index contributed by atoms with van der Waals surface area (Å²) in [6.45, 7) is 4.66. The first kappa shape index (κ1) is 20.1. The number of carbonyl (C=O) groups is 1. The van der Waals surface area contributed by atoms with E-state index in [0.717, 1.165) is 44.8 Å². The number of aromatic nitrogens is 1. The second-order valence-corrected chi connectivity index (χ2v) is 6.82. The monoisotopic (exact) mass is 387 g/mol. The predicted molar refractivity (Wildman–Crippen MR) is 107 cm³/mol. The molecular formula is C21H29N3O4. The molecule has 0 radical (unpaired) electrons. The molecule has 0 bridgehead atoms. The van der Waals surface area contributed by atoms with Crippen LogP contribution in [0.4, 0.5) is 0 Å². The molecule has 0 N–H and O–H groups in total. The zero-order chi connectivity index (χ0) is 19.9. The van der Waals surface area contributed by atoms with Crippen LogP contribution in [-0.4, -0.2) is 67.8 Å². The summed E-state index contributed by atoms with van der Waals surface area (Å²) >= 11 is 0. The summed E-state index contributed by atoms with van der Waals surface area (Å²) in [4.78, 5) is 16.8. The van der Waals surface area contributed by atoms with Gasteiger partial charge in [0.15, 0.2) is 11.5 Å². The highest BCUT2D eigenvalue weighted by molar-refractivity contribution is 5.76. The molecule has 1 saturated heterocycles. The van der Waals surface area contributed by atoms with E-state index >= 15 is 0 Å². The number of hydrogen-bond donors (Lipinski definition) is 0. The van der Waals surface area contributed by atoms with Crippen molar-refractivity contribution in [1.29, 1.82) is 0 Å². The van der Waals surface area contributed by atoms with Crippen LogP contribution in [0.25, 0.3) is 0 Å². The molecule has 1 amide bonds. The Hall–Kier alpha value is -2.67. The van der Waals surface area contributed by atoms with Crippen molar-refractivity contribution in [3.8, 4) is 17.2 Å². The number of methoxy groups -OCH3 is 3. The number of ether oxygens (including phenoxy) is 3. The highest BCUT2D eigenvalue weighted by Crippen LogP contribution is 2.40. The van der Waals surface area contributed by atoms with Gasteiger partial charge in [-0.05, 0) is 18.2 Å². The fourth-order valence-corrected chi connectivity index (χ4v) is 3.59. The van der Waals surface area contributed by atoms with Crippen LogP contribution in [0.1, 0.15) is 12.0 Å².